The average Bonchev–Trinajstić information content (AvgIpc) is 3.12. The van der Waals surface area contributed by atoms with Crippen LogP contribution in [0.5, 0.6) is 5.75 Å². The fourth-order valence-corrected chi connectivity index (χ4v) is 2.35. The van der Waals surface area contributed by atoms with Crippen molar-refractivity contribution < 1.29 is 27.1 Å². The Kier molecular flexibility index (Phi) is 5.07. The van der Waals surface area contributed by atoms with Crippen molar-refractivity contribution in [1.29, 1.82) is 0 Å². The van der Waals surface area contributed by atoms with Crippen LogP contribution in [0.1, 0.15) is 16.1 Å². The maximum atomic E-state index is 12.5. The molecule has 0 aliphatic carbocycles. The Morgan fingerprint density at radius 1 is 1.18 bits per heavy atom. The van der Waals surface area contributed by atoms with Gasteiger partial charge >= 0.3 is 12.1 Å². The number of aromatic amines is 1. The number of aromatic nitrogens is 2. The number of nitrogens with zero attached hydrogens (tertiary/aromatic N) is 1. The van der Waals surface area contributed by atoms with Gasteiger partial charge in [0, 0.05) is 6.20 Å². The number of hydrogen-bond donors (Lipinski definition) is 2. The first-order valence-corrected chi connectivity index (χ1v) is 7.75. The third kappa shape index (κ3) is 4.31. The second-order valence-corrected chi connectivity index (χ2v) is 5.48. The summed E-state index contributed by atoms with van der Waals surface area (Å²) in [5, 5.41) is 2.17. The van der Waals surface area contributed by atoms with E-state index in [0.29, 0.717) is 5.76 Å². The van der Waals surface area contributed by atoms with Gasteiger partial charge in [-0.1, -0.05) is 12.1 Å². The topological polar surface area (TPSA) is 106 Å². The van der Waals surface area contributed by atoms with Gasteiger partial charge in [0.2, 0.25) is 0 Å². The van der Waals surface area contributed by atoms with Crippen LogP contribution in [0.2, 0.25) is 0 Å². The Morgan fingerprint density at radius 2 is 1.93 bits per heavy atom. The summed E-state index contributed by atoms with van der Waals surface area (Å²) in [6, 6.07) is 7.93. The summed E-state index contributed by atoms with van der Waals surface area (Å²) in [6.45, 7) is -0.226. The second-order valence-electron chi connectivity index (χ2n) is 5.48. The molecule has 3 aromatic rings. The first-order chi connectivity index (χ1) is 13.2. The SMILES string of the molecule is O=C(Nc1ccccc1OC(F)(F)F)c1c[nH]c(=O)n(Cc2ccco2)c1=O. The molecule has 0 bridgehead atoms. The van der Waals surface area contributed by atoms with Crippen LogP contribution in [0.25, 0.3) is 0 Å². The van der Waals surface area contributed by atoms with Gasteiger partial charge in [-0.2, -0.15) is 0 Å². The molecule has 2 aromatic heterocycles. The Balaban J connectivity index is 1.90. The molecule has 8 nitrogen and oxygen atoms in total. The number of furan rings is 1. The van der Waals surface area contributed by atoms with Crippen molar-refractivity contribution >= 4 is 11.6 Å². The Bertz CT molecular complexity index is 1100. The minimum absolute atomic E-state index is 0.226. The van der Waals surface area contributed by atoms with Crippen LogP contribution in [0.3, 0.4) is 0 Å². The number of amides is 1. The molecule has 0 aliphatic heterocycles. The van der Waals surface area contributed by atoms with Crippen LogP contribution in [0.4, 0.5) is 18.9 Å². The summed E-state index contributed by atoms with van der Waals surface area (Å²) in [5.41, 5.74) is -2.49. The molecule has 0 fully saturated rings. The maximum Gasteiger partial charge on any atom is 0.573 e. The van der Waals surface area contributed by atoms with E-state index in [4.69, 9.17) is 4.42 Å². The maximum absolute atomic E-state index is 12.5. The molecule has 0 unspecified atom stereocenters. The molecule has 146 valence electrons. The monoisotopic (exact) mass is 395 g/mol. The molecule has 0 saturated heterocycles. The number of alkyl halides is 3. The molecular weight excluding hydrogens is 383 g/mol. The quantitative estimate of drug-likeness (QED) is 0.690. The molecule has 2 N–H and O–H groups in total. The third-order valence-electron chi connectivity index (χ3n) is 3.56. The highest BCUT2D eigenvalue weighted by Gasteiger charge is 2.32. The van der Waals surface area contributed by atoms with Crippen molar-refractivity contribution in [2.75, 3.05) is 5.32 Å². The number of hydrogen-bond acceptors (Lipinski definition) is 5. The Hall–Kier alpha value is -3.76. The van der Waals surface area contributed by atoms with Gasteiger partial charge in [-0.25, -0.2) is 4.79 Å². The summed E-state index contributed by atoms with van der Waals surface area (Å²) < 4.78 is 47.1. The molecule has 0 spiro atoms. The average molecular weight is 395 g/mol. The number of nitrogens with one attached hydrogen (secondary N) is 2. The van der Waals surface area contributed by atoms with Crippen LogP contribution in [-0.4, -0.2) is 21.8 Å². The van der Waals surface area contributed by atoms with E-state index in [-0.39, 0.29) is 12.2 Å². The molecule has 1 amide bonds. The summed E-state index contributed by atoms with van der Waals surface area (Å²) in [5.74, 6) is -1.37. The second kappa shape index (κ2) is 7.47. The summed E-state index contributed by atoms with van der Waals surface area (Å²) in [4.78, 5) is 39.0. The summed E-state index contributed by atoms with van der Waals surface area (Å²) in [7, 11) is 0. The molecule has 3 rings (SSSR count). The van der Waals surface area contributed by atoms with Crippen molar-refractivity contribution in [1.82, 2.24) is 9.55 Å². The van der Waals surface area contributed by atoms with E-state index >= 15 is 0 Å². The van der Waals surface area contributed by atoms with Gasteiger partial charge in [-0.05, 0) is 24.3 Å². The van der Waals surface area contributed by atoms with E-state index in [0.717, 1.165) is 16.8 Å². The van der Waals surface area contributed by atoms with E-state index in [1.54, 1.807) is 6.07 Å². The number of H-pyrrole nitrogens is 1. The lowest BCUT2D eigenvalue weighted by molar-refractivity contribution is -0.274. The number of halogens is 3. The first kappa shape index (κ1) is 19.0. The minimum Gasteiger partial charge on any atom is -0.467 e. The number of carbonyl (C=O) groups excluding carboxylic acids is 1. The van der Waals surface area contributed by atoms with E-state index in [1.807, 2.05) is 0 Å². The van der Waals surface area contributed by atoms with Crippen LogP contribution in [0.15, 0.2) is 62.9 Å². The normalized spacial score (nSPS) is 11.2. The Labute approximate surface area is 154 Å². The van der Waals surface area contributed by atoms with Gasteiger partial charge in [-0.15, -0.1) is 13.2 Å². The fourth-order valence-electron chi connectivity index (χ4n) is 2.35. The molecule has 0 aliphatic rings. The van der Waals surface area contributed by atoms with Gasteiger partial charge in [0.1, 0.15) is 11.3 Å². The minimum atomic E-state index is -4.96. The van der Waals surface area contributed by atoms with Crippen molar-refractivity contribution in [2.24, 2.45) is 0 Å². The molecule has 11 heteroatoms. The van der Waals surface area contributed by atoms with Crippen LogP contribution in [0, 0.1) is 0 Å². The van der Waals surface area contributed by atoms with Gasteiger partial charge in [0.15, 0.2) is 5.75 Å². The number of para-hydroxylation sites is 2. The number of ether oxygens (including phenoxy) is 1. The molecule has 0 radical (unpaired) electrons. The predicted molar refractivity (Wildman–Crippen MR) is 90.2 cm³/mol. The highest BCUT2D eigenvalue weighted by Crippen LogP contribution is 2.30. The lowest BCUT2D eigenvalue weighted by atomic mass is 10.2. The predicted octanol–water partition coefficient (Wildman–Crippen LogP) is 2.33. The zero-order valence-corrected chi connectivity index (χ0v) is 13.9. The highest BCUT2D eigenvalue weighted by atomic mass is 19.4. The van der Waals surface area contributed by atoms with Gasteiger partial charge < -0.3 is 19.5 Å². The third-order valence-corrected chi connectivity index (χ3v) is 3.56. The van der Waals surface area contributed by atoms with Crippen molar-refractivity contribution in [3.05, 3.63) is 81.0 Å². The van der Waals surface area contributed by atoms with Crippen LogP contribution >= 0.6 is 0 Å². The van der Waals surface area contributed by atoms with Gasteiger partial charge in [0.05, 0.1) is 18.5 Å². The van der Waals surface area contributed by atoms with Crippen molar-refractivity contribution in [2.45, 2.75) is 12.9 Å². The van der Waals surface area contributed by atoms with E-state index in [9.17, 15) is 27.6 Å². The van der Waals surface area contributed by atoms with Crippen LogP contribution in [-0.2, 0) is 6.54 Å². The Morgan fingerprint density at radius 3 is 2.61 bits per heavy atom. The van der Waals surface area contributed by atoms with Crippen molar-refractivity contribution in [3.8, 4) is 5.75 Å². The van der Waals surface area contributed by atoms with E-state index in [2.05, 4.69) is 15.0 Å². The molecular formula is C17H12F3N3O5. The zero-order valence-electron chi connectivity index (χ0n) is 13.9. The largest absolute Gasteiger partial charge is 0.573 e. The summed E-state index contributed by atoms with van der Waals surface area (Å²) >= 11 is 0. The fraction of sp³-hybridized carbons (Fsp3) is 0.118. The summed E-state index contributed by atoms with van der Waals surface area (Å²) in [6.07, 6.45) is -2.73. The first-order valence-electron chi connectivity index (χ1n) is 7.75. The lowest BCUT2D eigenvalue weighted by Crippen LogP contribution is -2.39. The number of carbonyl (C=O) groups is 1. The zero-order chi connectivity index (χ0) is 20.3. The van der Waals surface area contributed by atoms with E-state index in [1.165, 1.54) is 30.5 Å². The van der Waals surface area contributed by atoms with Crippen molar-refractivity contribution in [3.63, 3.8) is 0 Å². The van der Waals surface area contributed by atoms with E-state index < -0.39 is 34.8 Å². The van der Waals surface area contributed by atoms with Gasteiger partial charge in [-0.3, -0.25) is 14.2 Å². The van der Waals surface area contributed by atoms with Crippen LogP contribution < -0.4 is 21.3 Å². The molecule has 2 heterocycles. The standard InChI is InChI=1S/C17H12F3N3O5/c18-17(19,20)28-13-6-2-1-5-12(13)22-14(24)11-8-21-16(26)23(15(11)25)9-10-4-3-7-27-10/h1-8H,9H2,(H,21,26)(H,22,24). The smallest absolute Gasteiger partial charge is 0.467 e. The number of benzene rings is 1. The lowest BCUT2D eigenvalue weighted by Gasteiger charge is -2.14. The molecule has 1 aromatic carbocycles. The number of rotatable bonds is 5. The van der Waals surface area contributed by atoms with Gasteiger partial charge in [0.25, 0.3) is 11.5 Å². The molecule has 28 heavy (non-hydrogen) atoms. The molecule has 0 saturated carbocycles. The molecule has 0 atom stereocenters. The highest BCUT2D eigenvalue weighted by molar-refractivity contribution is 6.04. The number of anilines is 1.